The van der Waals surface area contributed by atoms with Gasteiger partial charge >= 0.3 is 0 Å². The predicted octanol–water partition coefficient (Wildman–Crippen LogP) is 2.36. The number of aliphatic imine (C=N–C) groups is 2. The number of carbonyl (C=O) groups excluding carboxylic acids is 1. The summed E-state index contributed by atoms with van der Waals surface area (Å²) in [6.07, 6.45) is 0.751. The number of para-hydroxylation sites is 1. The number of nitrogens with two attached hydrogens (primary N) is 1. The molecule has 2 aromatic carbocycles. The van der Waals surface area contributed by atoms with E-state index in [2.05, 4.69) is 15.1 Å². The Kier molecular flexibility index (Phi) is 5.89. The lowest BCUT2D eigenvalue weighted by molar-refractivity contribution is -0.157. The van der Waals surface area contributed by atoms with Gasteiger partial charge in [0.15, 0.2) is 6.17 Å². The molecule has 2 aliphatic rings. The first-order valence-electron chi connectivity index (χ1n) is 11.6. The molecule has 0 saturated heterocycles. The van der Waals surface area contributed by atoms with Crippen LogP contribution in [0.25, 0.3) is 16.5 Å². The quantitative estimate of drug-likeness (QED) is 0.423. The summed E-state index contributed by atoms with van der Waals surface area (Å²) in [7, 11) is 1.27. The third kappa shape index (κ3) is 3.95. The fourth-order valence-corrected chi connectivity index (χ4v) is 4.86. The molecule has 3 heterocycles. The van der Waals surface area contributed by atoms with Crippen LogP contribution in [0.3, 0.4) is 0 Å². The number of carbonyl (C=O) groups is 1. The van der Waals surface area contributed by atoms with Crippen LogP contribution in [0.4, 0.5) is 0 Å². The van der Waals surface area contributed by atoms with E-state index in [4.69, 9.17) is 5.73 Å². The van der Waals surface area contributed by atoms with Crippen molar-refractivity contribution in [2.45, 2.75) is 33.0 Å². The Hall–Kier alpha value is -4.31. The van der Waals surface area contributed by atoms with Crippen molar-refractivity contribution in [3.8, 4) is 5.69 Å². The molecule has 2 aliphatic heterocycles. The fraction of sp³-hybridized carbons (Fsp3) is 0.269. The van der Waals surface area contributed by atoms with Crippen molar-refractivity contribution < 1.29 is 10.0 Å². The number of hydrogen-bond donors (Lipinski definition) is 2. The van der Waals surface area contributed by atoms with Crippen LogP contribution in [-0.4, -0.2) is 56.9 Å². The van der Waals surface area contributed by atoms with Gasteiger partial charge in [0, 0.05) is 12.7 Å². The molecule has 10 nitrogen and oxygen atoms in total. The first-order chi connectivity index (χ1) is 17.3. The molecule has 3 N–H and O–H groups in total. The predicted molar refractivity (Wildman–Crippen MR) is 139 cm³/mol. The minimum atomic E-state index is -0.519. The number of aryl methyl sites for hydroxylation is 2. The molecule has 0 bridgehead atoms. The van der Waals surface area contributed by atoms with E-state index < -0.39 is 18.0 Å². The average Bonchev–Trinajstić information content (AvgIpc) is 3.18. The van der Waals surface area contributed by atoms with Crippen molar-refractivity contribution in [3.63, 3.8) is 0 Å². The number of hydroxylamine groups is 2. The van der Waals surface area contributed by atoms with E-state index in [9.17, 15) is 14.8 Å². The van der Waals surface area contributed by atoms with Crippen LogP contribution in [0.5, 0.6) is 0 Å². The van der Waals surface area contributed by atoms with Gasteiger partial charge in [0.2, 0.25) is 0 Å². The molecule has 184 valence electrons. The van der Waals surface area contributed by atoms with Crippen molar-refractivity contribution >= 4 is 34.6 Å². The summed E-state index contributed by atoms with van der Waals surface area (Å²) >= 11 is 0. The Morgan fingerprint density at radius 1 is 1.14 bits per heavy atom. The third-order valence-electron chi connectivity index (χ3n) is 6.67. The van der Waals surface area contributed by atoms with Gasteiger partial charge < -0.3 is 5.73 Å². The van der Waals surface area contributed by atoms with E-state index in [0.29, 0.717) is 22.0 Å². The van der Waals surface area contributed by atoms with E-state index in [-0.39, 0.29) is 18.5 Å². The van der Waals surface area contributed by atoms with Crippen LogP contribution in [0.2, 0.25) is 0 Å². The van der Waals surface area contributed by atoms with Crippen LogP contribution < -0.4 is 11.3 Å². The molecule has 2 unspecified atom stereocenters. The highest BCUT2D eigenvalue weighted by molar-refractivity contribution is 6.15. The van der Waals surface area contributed by atoms with Gasteiger partial charge in [-0.05, 0) is 42.5 Å². The SMILES string of the molecule is Cc1ccccc1-n1c(CN2N=C(CC(=O)N(C)O)C3C(N)=NC=NC32)cc2cccc(C)c2c1=O. The van der Waals surface area contributed by atoms with Gasteiger partial charge in [-0.3, -0.25) is 24.4 Å². The normalized spacial score (nSPS) is 18.7. The van der Waals surface area contributed by atoms with Gasteiger partial charge in [0.05, 0.1) is 35.7 Å². The molecule has 1 amide bonds. The van der Waals surface area contributed by atoms with Gasteiger partial charge in [-0.1, -0.05) is 36.4 Å². The number of aromatic nitrogens is 1. The fourth-order valence-electron chi connectivity index (χ4n) is 4.86. The van der Waals surface area contributed by atoms with Gasteiger partial charge in [-0.2, -0.15) is 5.10 Å². The maximum absolute atomic E-state index is 13.9. The number of amides is 1. The summed E-state index contributed by atoms with van der Waals surface area (Å²) in [5, 5.41) is 18.0. The summed E-state index contributed by atoms with van der Waals surface area (Å²) in [6.45, 7) is 4.14. The number of hydrazone groups is 1. The van der Waals surface area contributed by atoms with E-state index in [0.717, 1.165) is 27.9 Å². The standard InChI is InChI=1S/C26H27N7O3/c1-15-7-4-5-10-20(15)33-18(11-17-9-6-8-16(2)22(17)26(33)35)13-32-25-23(24(27)28-14-29-25)19(30-32)12-21(34)31(3)36/h4-11,14,23,25,36H,12-13H2,1-3H3,(H2,27,28,29). The highest BCUT2D eigenvalue weighted by Gasteiger charge is 2.42. The van der Waals surface area contributed by atoms with Gasteiger partial charge in [0.1, 0.15) is 12.2 Å². The number of rotatable bonds is 5. The lowest BCUT2D eigenvalue weighted by Crippen LogP contribution is -2.43. The molecule has 2 atom stereocenters. The topological polar surface area (TPSA) is 129 Å². The van der Waals surface area contributed by atoms with Crippen molar-refractivity contribution in [2.75, 3.05) is 7.05 Å². The second-order valence-electron chi connectivity index (χ2n) is 9.09. The Balaban J connectivity index is 1.65. The van der Waals surface area contributed by atoms with E-state index >= 15 is 0 Å². The zero-order valence-corrected chi connectivity index (χ0v) is 20.3. The van der Waals surface area contributed by atoms with Gasteiger partial charge in [-0.15, -0.1) is 0 Å². The number of nitrogens with zero attached hydrogens (tertiary/aromatic N) is 6. The maximum atomic E-state index is 13.9. The average molecular weight is 486 g/mol. The van der Waals surface area contributed by atoms with Gasteiger partial charge in [0.25, 0.3) is 11.5 Å². The molecule has 0 radical (unpaired) electrons. The molecule has 3 aromatic rings. The summed E-state index contributed by atoms with van der Waals surface area (Å²) in [5.74, 6) is -0.718. The van der Waals surface area contributed by atoms with Crippen LogP contribution in [0, 0.1) is 19.8 Å². The summed E-state index contributed by atoms with van der Waals surface area (Å²) in [4.78, 5) is 34.7. The summed E-state index contributed by atoms with van der Waals surface area (Å²) < 4.78 is 1.73. The maximum Gasteiger partial charge on any atom is 0.263 e. The molecule has 0 fully saturated rings. The van der Waals surface area contributed by atoms with Crippen molar-refractivity contribution in [2.24, 2.45) is 26.7 Å². The third-order valence-corrected chi connectivity index (χ3v) is 6.67. The Labute approximate surface area is 207 Å². The lowest BCUT2D eigenvalue weighted by Gasteiger charge is -2.27. The zero-order chi connectivity index (χ0) is 25.6. The van der Waals surface area contributed by atoms with Crippen LogP contribution >= 0.6 is 0 Å². The number of benzene rings is 2. The number of fused-ring (bicyclic) bond motifs is 2. The Morgan fingerprint density at radius 2 is 1.89 bits per heavy atom. The van der Waals surface area contributed by atoms with E-state index in [1.807, 2.05) is 62.4 Å². The number of hydrogen-bond acceptors (Lipinski definition) is 8. The molecule has 10 heteroatoms. The van der Waals surface area contributed by atoms with Crippen molar-refractivity contribution in [1.82, 2.24) is 14.6 Å². The number of amidine groups is 1. The highest BCUT2D eigenvalue weighted by Crippen LogP contribution is 2.30. The van der Waals surface area contributed by atoms with Crippen molar-refractivity contribution in [3.05, 3.63) is 75.7 Å². The molecule has 1 aromatic heterocycles. The summed E-state index contributed by atoms with van der Waals surface area (Å²) in [6, 6.07) is 15.5. The summed E-state index contributed by atoms with van der Waals surface area (Å²) in [5.41, 5.74) is 9.90. The molecular formula is C26H27N7O3. The molecular weight excluding hydrogens is 458 g/mol. The molecule has 36 heavy (non-hydrogen) atoms. The largest absolute Gasteiger partial charge is 0.386 e. The van der Waals surface area contributed by atoms with E-state index in [1.165, 1.54) is 13.4 Å². The van der Waals surface area contributed by atoms with Crippen LogP contribution in [-0.2, 0) is 11.3 Å². The van der Waals surface area contributed by atoms with E-state index in [1.54, 1.807) is 9.58 Å². The monoisotopic (exact) mass is 485 g/mol. The Bertz CT molecular complexity index is 1520. The molecule has 0 aliphatic carbocycles. The molecule has 0 saturated carbocycles. The highest BCUT2D eigenvalue weighted by atomic mass is 16.5. The second-order valence-corrected chi connectivity index (χ2v) is 9.09. The minimum Gasteiger partial charge on any atom is -0.386 e. The second kappa shape index (κ2) is 9.04. The smallest absolute Gasteiger partial charge is 0.263 e. The molecule has 0 spiro atoms. The zero-order valence-electron chi connectivity index (χ0n) is 20.3. The number of pyridine rings is 1. The Morgan fingerprint density at radius 3 is 2.64 bits per heavy atom. The van der Waals surface area contributed by atoms with Crippen molar-refractivity contribution in [1.29, 1.82) is 0 Å². The first kappa shape index (κ1) is 23.4. The minimum absolute atomic E-state index is 0.111. The van der Waals surface area contributed by atoms with Crippen LogP contribution in [0.1, 0.15) is 23.2 Å². The van der Waals surface area contributed by atoms with Crippen LogP contribution in [0.15, 0.2) is 68.4 Å². The van der Waals surface area contributed by atoms with Gasteiger partial charge in [-0.25, -0.2) is 15.0 Å². The molecule has 5 rings (SSSR count). The lowest BCUT2D eigenvalue weighted by atomic mass is 9.96. The first-order valence-corrected chi connectivity index (χ1v) is 11.6.